The number of benzene rings is 1. The molecule has 1 aromatic carbocycles. The van der Waals surface area contributed by atoms with E-state index in [4.69, 9.17) is 0 Å². The molecule has 126 valence electrons. The second kappa shape index (κ2) is 6.70. The summed E-state index contributed by atoms with van der Waals surface area (Å²) in [4.78, 5) is 25.3. The summed E-state index contributed by atoms with van der Waals surface area (Å²) in [5, 5.41) is 8.70. The highest BCUT2D eigenvalue weighted by Gasteiger charge is 2.32. The first kappa shape index (κ1) is 17.5. The number of piperidine rings is 1. The van der Waals surface area contributed by atoms with Crippen LogP contribution in [-0.2, 0) is 14.6 Å². The zero-order valence-corrected chi connectivity index (χ0v) is 14.0. The van der Waals surface area contributed by atoms with Gasteiger partial charge in [0.05, 0.1) is 10.1 Å². The molecule has 0 radical (unpaired) electrons. The largest absolute Gasteiger partial charge is 0.480 e. The van der Waals surface area contributed by atoms with Crippen LogP contribution < -0.4 is 0 Å². The van der Waals surface area contributed by atoms with E-state index in [2.05, 4.69) is 0 Å². The van der Waals surface area contributed by atoms with Crippen molar-refractivity contribution < 1.29 is 23.1 Å². The third-order valence-corrected chi connectivity index (χ3v) is 6.27. The van der Waals surface area contributed by atoms with Crippen molar-refractivity contribution in [1.82, 2.24) is 4.90 Å². The van der Waals surface area contributed by atoms with Crippen molar-refractivity contribution in [3.05, 3.63) is 29.8 Å². The lowest BCUT2D eigenvalue weighted by atomic mass is 10.0. The number of aliphatic carboxylic acids is 1. The first-order valence-electron chi connectivity index (χ1n) is 7.63. The van der Waals surface area contributed by atoms with Gasteiger partial charge >= 0.3 is 5.97 Å². The van der Waals surface area contributed by atoms with Gasteiger partial charge in [-0.1, -0.05) is 0 Å². The van der Waals surface area contributed by atoms with E-state index in [1.807, 2.05) is 0 Å². The van der Waals surface area contributed by atoms with Crippen molar-refractivity contribution in [2.24, 2.45) is 0 Å². The number of amides is 1. The zero-order valence-electron chi connectivity index (χ0n) is 13.2. The number of sulfone groups is 1. The monoisotopic (exact) mass is 339 g/mol. The van der Waals surface area contributed by atoms with E-state index in [9.17, 15) is 23.1 Å². The molecular formula is C16H21NO5S. The molecule has 1 amide bonds. The summed E-state index contributed by atoms with van der Waals surface area (Å²) in [6.45, 7) is 3.60. The Balaban J connectivity index is 2.25. The molecule has 23 heavy (non-hydrogen) atoms. The number of carbonyl (C=O) groups excluding carboxylic acids is 1. The van der Waals surface area contributed by atoms with E-state index in [0.29, 0.717) is 18.5 Å². The molecule has 1 aliphatic heterocycles. The molecule has 6 nitrogen and oxygen atoms in total. The molecule has 0 aliphatic carbocycles. The molecule has 0 saturated carbocycles. The average Bonchev–Trinajstić information content (AvgIpc) is 2.54. The van der Waals surface area contributed by atoms with Crippen molar-refractivity contribution in [3.63, 3.8) is 0 Å². The quantitative estimate of drug-likeness (QED) is 0.905. The molecule has 1 atom stereocenters. The Bertz CT molecular complexity index is 694. The van der Waals surface area contributed by atoms with Gasteiger partial charge in [-0.3, -0.25) is 4.79 Å². The summed E-state index contributed by atoms with van der Waals surface area (Å²) in [5.41, 5.74) is 0.306. The summed E-state index contributed by atoms with van der Waals surface area (Å²) in [5.74, 6) is -1.37. The van der Waals surface area contributed by atoms with Crippen molar-refractivity contribution in [2.45, 2.75) is 49.3 Å². The second-order valence-electron chi connectivity index (χ2n) is 5.97. The van der Waals surface area contributed by atoms with Crippen LogP contribution in [0.2, 0.25) is 0 Å². The highest BCUT2D eigenvalue weighted by Crippen LogP contribution is 2.22. The van der Waals surface area contributed by atoms with Gasteiger partial charge in [-0.05, 0) is 57.4 Å². The van der Waals surface area contributed by atoms with Gasteiger partial charge in [0.1, 0.15) is 6.04 Å². The van der Waals surface area contributed by atoms with Gasteiger partial charge < -0.3 is 10.0 Å². The van der Waals surface area contributed by atoms with E-state index in [-0.39, 0.29) is 10.8 Å². The molecule has 0 bridgehead atoms. The lowest BCUT2D eigenvalue weighted by Gasteiger charge is -2.33. The number of nitrogens with zero attached hydrogens (tertiary/aromatic N) is 1. The van der Waals surface area contributed by atoms with Crippen LogP contribution >= 0.6 is 0 Å². The van der Waals surface area contributed by atoms with Crippen LogP contribution in [-0.4, -0.2) is 48.1 Å². The van der Waals surface area contributed by atoms with Gasteiger partial charge in [0.15, 0.2) is 9.84 Å². The summed E-state index contributed by atoms with van der Waals surface area (Å²) in [6, 6.07) is 4.90. The Morgan fingerprint density at radius 3 is 2.30 bits per heavy atom. The maximum atomic E-state index is 12.5. The van der Waals surface area contributed by atoms with Gasteiger partial charge in [-0.15, -0.1) is 0 Å². The van der Waals surface area contributed by atoms with Gasteiger partial charge in [0.25, 0.3) is 5.91 Å². The Morgan fingerprint density at radius 1 is 1.17 bits per heavy atom. The van der Waals surface area contributed by atoms with Crippen LogP contribution in [0.5, 0.6) is 0 Å². The minimum absolute atomic E-state index is 0.164. The Kier molecular flexibility index (Phi) is 5.09. The van der Waals surface area contributed by atoms with Crippen LogP contribution in [0.15, 0.2) is 29.2 Å². The average molecular weight is 339 g/mol. The van der Waals surface area contributed by atoms with Crippen LogP contribution in [0.4, 0.5) is 0 Å². The standard InChI is InChI=1S/C16H21NO5S/c1-11(2)23(21,22)13-8-6-12(7-9-13)15(18)17-10-4-3-5-14(17)16(19)20/h6-9,11,14H,3-5,10H2,1-2H3,(H,19,20). The Labute approximate surface area is 136 Å². The van der Waals surface area contributed by atoms with E-state index >= 15 is 0 Å². The molecule has 1 heterocycles. The Hall–Kier alpha value is -1.89. The van der Waals surface area contributed by atoms with Crippen molar-refractivity contribution in [2.75, 3.05) is 6.54 Å². The molecule has 2 rings (SSSR count). The van der Waals surface area contributed by atoms with Crippen molar-refractivity contribution in [3.8, 4) is 0 Å². The van der Waals surface area contributed by atoms with E-state index in [1.165, 1.54) is 29.2 Å². The zero-order chi connectivity index (χ0) is 17.2. The van der Waals surface area contributed by atoms with Crippen LogP contribution in [0.1, 0.15) is 43.5 Å². The maximum Gasteiger partial charge on any atom is 0.326 e. The molecule has 1 saturated heterocycles. The third kappa shape index (κ3) is 3.55. The van der Waals surface area contributed by atoms with Crippen LogP contribution in [0, 0.1) is 0 Å². The molecule has 7 heteroatoms. The second-order valence-corrected chi connectivity index (χ2v) is 8.47. The van der Waals surface area contributed by atoms with E-state index < -0.39 is 27.1 Å². The predicted octanol–water partition coefficient (Wildman–Crippen LogP) is 1.95. The van der Waals surface area contributed by atoms with Gasteiger partial charge in [-0.2, -0.15) is 0 Å². The van der Waals surface area contributed by atoms with Gasteiger partial charge in [-0.25, -0.2) is 13.2 Å². The van der Waals surface area contributed by atoms with E-state index in [1.54, 1.807) is 13.8 Å². The number of carboxylic acids is 1. The van der Waals surface area contributed by atoms with Gasteiger partial charge in [0.2, 0.25) is 0 Å². The number of likely N-dealkylation sites (tertiary alicyclic amines) is 1. The summed E-state index contributed by atoms with van der Waals surface area (Å²) >= 11 is 0. The lowest BCUT2D eigenvalue weighted by Crippen LogP contribution is -2.47. The highest BCUT2D eigenvalue weighted by molar-refractivity contribution is 7.92. The fourth-order valence-electron chi connectivity index (χ4n) is 2.66. The minimum atomic E-state index is -3.39. The highest BCUT2D eigenvalue weighted by atomic mass is 32.2. The molecule has 1 unspecified atom stereocenters. The molecule has 1 aliphatic rings. The lowest BCUT2D eigenvalue weighted by molar-refractivity contribution is -0.143. The van der Waals surface area contributed by atoms with Crippen molar-refractivity contribution in [1.29, 1.82) is 0 Å². The summed E-state index contributed by atoms with van der Waals surface area (Å²) in [6.07, 6.45) is 2.00. The molecule has 1 fully saturated rings. The van der Waals surface area contributed by atoms with E-state index in [0.717, 1.165) is 12.8 Å². The van der Waals surface area contributed by atoms with Crippen molar-refractivity contribution >= 4 is 21.7 Å². The molecule has 1 aromatic rings. The minimum Gasteiger partial charge on any atom is -0.480 e. The smallest absolute Gasteiger partial charge is 0.326 e. The van der Waals surface area contributed by atoms with Crippen LogP contribution in [0.25, 0.3) is 0 Å². The maximum absolute atomic E-state index is 12.5. The fraction of sp³-hybridized carbons (Fsp3) is 0.500. The predicted molar refractivity (Wildman–Crippen MR) is 85.1 cm³/mol. The first-order valence-corrected chi connectivity index (χ1v) is 9.17. The number of carboxylic acid groups (broad SMARTS) is 1. The fourth-order valence-corrected chi connectivity index (χ4v) is 3.72. The third-order valence-electron chi connectivity index (χ3n) is 4.10. The number of hydrogen-bond donors (Lipinski definition) is 1. The number of rotatable bonds is 4. The SMILES string of the molecule is CC(C)S(=O)(=O)c1ccc(C(=O)N2CCCCC2C(=O)O)cc1. The number of carbonyl (C=O) groups is 2. The normalized spacial score (nSPS) is 18.9. The Morgan fingerprint density at radius 2 is 1.78 bits per heavy atom. The van der Waals surface area contributed by atoms with Gasteiger partial charge in [0, 0.05) is 12.1 Å². The molecule has 1 N–H and O–H groups in total. The molecule has 0 spiro atoms. The first-order chi connectivity index (χ1) is 10.7. The number of hydrogen-bond acceptors (Lipinski definition) is 4. The summed E-state index contributed by atoms with van der Waals surface area (Å²) < 4.78 is 24.2. The molecule has 0 aromatic heterocycles. The molecular weight excluding hydrogens is 318 g/mol. The van der Waals surface area contributed by atoms with Crippen LogP contribution in [0.3, 0.4) is 0 Å². The summed E-state index contributed by atoms with van der Waals surface area (Å²) in [7, 11) is -3.39. The topological polar surface area (TPSA) is 91.8 Å².